The minimum Gasteiger partial charge on any atom is -0.490 e. The number of ether oxygens (including phenoxy) is 2. The fourth-order valence-corrected chi connectivity index (χ4v) is 2.57. The van der Waals surface area contributed by atoms with Crippen LogP contribution in [0.5, 0.6) is 10.9 Å². The minimum absolute atomic E-state index is 0.275. The van der Waals surface area contributed by atoms with E-state index in [1.807, 2.05) is 24.3 Å². The maximum atomic E-state index is 12.7. The molecule has 0 aliphatic heterocycles. The number of halogens is 1. The van der Waals surface area contributed by atoms with Crippen LogP contribution in [0.2, 0.25) is 0 Å². The molecule has 0 unspecified atom stereocenters. The maximum Gasteiger partial charge on any atom is 0.274 e. The third-order valence-electron chi connectivity index (χ3n) is 2.67. The van der Waals surface area contributed by atoms with Gasteiger partial charge < -0.3 is 9.47 Å². The summed E-state index contributed by atoms with van der Waals surface area (Å²) in [6.45, 7) is 0.790. The highest BCUT2D eigenvalue weighted by Gasteiger charge is 2.03. The third kappa shape index (κ3) is 3.05. The molecule has 0 aliphatic carbocycles. The summed E-state index contributed by atoms with van der Waals surface area (Å²) in [5, 5.41) is 0.633. The van der Waals surface area contributed by atoms with Crippen molar-refractivity contribution in [3.05, 3.63) is 54.3 Å². The Hall–Kier alpha value is -2.14. The van der Waals surface area contributed by atoms with Crippen molar-refractivity contribution in [2.75, 3.05) is 13.2 Å². The van der Waals surface area contributed by atoms with Gasteiger partial charge in [-0.2, -0.15) is 0 Å². The molecule has 3 aromatic rings. The molecule has 0 saturated heterocycles. The Bertz CT molecular complexity index is 663. The molecule has 1 aromatic heterocycles. The van der Waals surface area contributed by atoms with Gasteiger partial charge in [-0.3, -0.25) is 0 Å². The minimum atomic E-state index is -0.275. The molecular formula is C15H12FNO2S. The van der Waals surface area contributed by atoms with Gasteiger partial charge in [0.15, 0.2) is 0 Å². The normalized spacial score (nSPS) is 10.7. The summed E-state index contributed by atoms with van der Waals surface area (Å²) in [5.41, 5.74) is 0.937. The predicted molar refractivity (Wildman–Crippen MR) is 77.0 cm³/mol. The summed E-state index contributed by atoms with van der Waals surface area (Å²) in [6.07, 6.45) is 0. The lowest BCUT2D eigenvalue weighted by molar-refractivity contribution is 0.216. The van der Waals surface area contributed by atoms with Crippen LogP contribution in [0.4, 0.5) is 4.39 Å². The smallest absolute Gasteiger partial charge is 0.274 e. The van der Waals surface area contributed by atoms with Crippen molar-refractivity contribution in [1.82, 2.24) is 4.98 Å². The molecule has 1 heterocycles. The van der Waals surface area contributed by atoms with Gasteiger partial charge in [0.05, 0.1) is 10.2 Å². The Morgan fingerprint density at radius 3 is 2.50 bits per heavy atom. The standard InChI is InChI=1S/C15H12FNO2S/c16-11-5-7-12(8-6-11)18-9-10-19-15-17-13-3-1-2-4-14(13)20-15/h1-8H,9-10H2. The van der Waals surface area contributed by atoms with Gasteiger partial charge in [-0.25, -0.2) is 9.37 Å². The van der Waals surface area contributed by atoms with Crippen LogP contribution in [0.25, 0.3) is 10.2 Å². The number of hydrogen-bond donors (Lipinski definition) is 0. The van der Waals surface area contributed by atoms with Gasteiger partial charge in [-0.1, -0.05) is 23.5 Å². The van der Waals surface area contributed by atoms with Gasteiger partial charge in [-0.05, 0) is 36.4 Å². The molecule has 0 bridgehead atoms. The molecule has 0 N–H and O–H groups in total. The van der Waals surface area contributed by atoms with Gasteiger partial charge in [0.25, 0.3) is 5.19 Å². The fraction of sp³-hybridized carbons (Fsp3) is 0.133. The second kappa shape index (κ2) is 5.88. The number of benzene rings is 2. The Labute approximate surface area is 119 Å². The first-order valence-electron chi connectivity index (χ1n) is 6.18. The molecule has 0 spiro atoms. The summed E-state index contributed by atoms with van der Waals surface area (Å²) in [4.78, 5) is 4.36. The third-order valence-corrected chi connectivity index (χ3v) is 3.61. The summed E-state index contributed by atoms with van der Waals surface area (Å²) in [7, 11) is 0. The van der Waals surface area contributed by atoms with Crippen molar-refractivity contribution < 1.29 is 13.9 Å². The maximum absolute atomic E-state index is 12.7. The summed E-state index contributed by atoms with van der Waals surface area (Å²) in [6, 6.07) is 13.8. The van der Waals surface area contributed by atoms with Crippen LogP contribution < -0.4 is 9.47 Å². The number of thiazole rings is 1. The Morgan fingerprint density at radius 1 is 0.950 bits per heavy atom. The lowest BCUT2D eigenvalue weighted by atomic mass is 10.3. The molecule has 5 heteroatoms. The lowest BCUT2D eigenvalue weighted by Crippen LogP contribution is -2.08. The van der Waals surface area contributed by atoms with E-state index in [0.717, 1.165) is 10.2 Å². The number of para-hydroxylation sites is 1. The first-order valence-corrected chi connectivity index (χ1v) is 7.00. The first kappa shape index (κ1) is 12.9. The Balaban J connectivity index is 1.51. The summed E-state index contributed by atoms with van der Waals surface area (Å²) >= 11 is 1.51. The number of aromatic nitrogens is 1. The van der Waals surface area contributed by atoms with Crippen LogP contribution in [-0.4, -0.2) is 18.2 Å². The van der Waals surface area contributed by atoms with Crippen molar-refractivity contribution >= 4 is 21.6 Å². The second-order valence-corrected chi connectivity index (χ2v) is 5.09. The number of hydrogen-bond acceptors (Lipinski definition) is 4. The van der Waals surface area contributed by atoms with E-state index in [2.05, 4.69) is 4.98 Å². The molecular weight excluding hydrogens is 277 g/mol. The Kier molecular flexibility index (Phi) is 3.78. The van der Waals surface area contributed by atoms with Gasteiger partial charge in [-0.15, -0.1) is 0 Å². The predicted octanol–water partition coefficient (Wildman–Crippen LogP) is 3.89. The van der Waals surface area contributed by atoms with Gasteiger partial charge in [0.2, 0.25) is 0 Å². The molecule has 20 heavy (non-hydrogen) atoms. The molecule has 0 fully saturated rings. The number of nitrogens with zero attached hydrogens (tertiary/aromatic N) is 1. The van der Waals surface area contributed by atoms with Crippen molar-refractivity contribution in [2.24, 2.45) is 0 Å². The lowest BCUT2D eigenvalue weighted by Gasteiger charge is -2.05. The highest BCUT2D eigenvalue weighted by Crippen LogP contribution is 2.27. The summed E-state index contributed by atoms with van der Waals surface area (Å²) in [5.74, 6) is 0.349. The highest BCUT2D eigenvalue weighted by atomic mass is 32.1. The van der Waals surface area contributed by atoms with Crippen molar-refractivity contribution in [3.63, 3.8) is 0 Å². The van der Waals surface area contributed by atoms with Crippen molar-refractivity contribution in [2.45, 2.75) is 0 Å². The van der Waals surface area contributed by atoms with E-state index in [0.29, 0.717) is 24.2 Å². The molecule has 3 rings (SSSR count). The second-order valence-electron chi connectivity index (χ2n) is 4.10. The van der Waals surface area contributed by atoms with E-state index in [1.165, 1.54) is 23.5 Å². The number of rotatable bonds is 5. The quantitative estimate of drug-likeness (QED) is 0.668. The topological polar surface area (TPSA) is 31.4 Å². The fourth-order valence-electron chi connectivity index (χ4n) is 1.73. The van der Waals surface area contributed by atoms with Crippen LogP contribution in [0, 0.1) is 5.82 Å². The van der Waals surface area contributed by atoms with E-state index in [1.54, 1.807) is 12.1 Å². The van der Waals surface area contributed by atoms with Crippen LogP contribution in [0.3, 0.4) is 0 Å². The van der Waals surface area contributed by atoms with E-state index in [9.17, 15) is 4.39 Å². The zero-order valence-electron chi connectivity index (χ0n) is 10.6. The van der Waals surface area contributed by atoms with E-state index in [-0.39, 0.29) is 5.82 Å². The molecule has 0 radical (unpaired) electrons. The zero-order chi connectivity index (χ0) is 13.8. The molecule has 3 nitrogen and oxygen atoms in total. The van der Waals surface area contributed by atoms with E-state index in [4.69, 9.17) is 9.47 Å². The van der Waals surface area contributed by atoms with Gasteiger partial charge in [0, 0.05) is 0 Å². The molecule has 0 saturated carbocycles. The average molecular weight is 289 g/mol. The van der Waals surface area contributed by atoms with Crippen molar-refractivity contribution in [3.8, 4) is 10.9 Å². The molecule has 0 amide bonds. The molecule has 2 aromatic carbocycles. The molecule has 102 valence electrons. The largest absolute Gasteiger partial charge is 0.490 e. The van der Waals surface area contributed by atoms with E-state index >= 15 is 0 Å². The molecule has 0 aliphatic rings. The average Bonchev–Trinajstić information content (AvgIpc) is 2.88. The van der Waals surface area contributed by atoms with Crippen molar-refractivity contribution in [1.29, 1.82) is 0 Å². The van der Waals surface area contributed by atoms with Crippen LogP contribution in [0.15, 0.2) is 48.5 Å². The number of fused-ring (bicyclic) bond motifs is 1. The monoisotopic (exact) mass is 289 g/mol. The van der Waals surface area contributed by atoms with Crippen LogP contribution in [0.1, 0.15) is 0 Å². The van der Waals surface area contributed by atoms with Crippen LogP contribution >= 0.6 is 11.3 Å². The van der Waals surface area contributed by atoms with E-state index < -0.39 is 0 Å². The summed E-state index contributed by atoms with van der Waals surface area (Å²) < 4.78 is 24.8. The first-order chi connectivity index (χ1) is 9.81. The van der Waals surface area contributed by atoms with Crippen LogP contribution in [-0.2, 0) is 0 Å². The van der Waals surface area contributed by atoms with Gasteiger partial charge >= 0.3 is 0 Å². The zero-order valence-corrected chi connectivity index (χ0v) is 11.4. The highest BCUT2D eigenvalue weighted by molar-refractivity contribution is 7.20. The SMILES string of the molecule is Fc1ccc(OCCOc2nc3ccccc3s2)cc1. The molecule has 0 atom stereocenters. The van der Waals surface area contributed by atoms with Gasteiger partial charge in [0.1, 0.15) is 24.8 Å². The Morgan fingerprint density at radius 2 is 1.70 bits per heavy atom.